The quantitative estimate of drug-likeness (QED) is 0.327. The van der Waals surface area contributed by atoms with Crippen LogP contribution in [0, 0.1) is 0 Å². The van der Waals surface area contributed by atoms with Crippen LogP contribution in [0.15, 0.2) is 84.9 Å². The van der Waals surface area contributed by atoms with Gasteiger partial charge in [-0.1, -0.05) is 35.9 Å². The van der Waals surface area contributed by atoms with Crippen LogP contribution >= 0.6 is 0 Å². The van der Waals surface area contributed by atoms with Crippen LogP contribution in [0.2, 0.25) is 0 Å². The van der Waals surface area contributed by atoms with Crippen LogP contribution in [0.25, 0.3) is 0 Å². The third kappa shape index (κ3) is 5.72. The number of ketones is 2. The molecule has 0 atom stereocenters. The summed E-state index contributed by atoms with van der Waals surface area (Å²) in [7, 11) is 0. The number of Topliss-reactive ketones (excluding diaryl/α,β-unsaturated/α-hetero) is 2. The first-order valence-corrected chi connectivity index (χ1v) is 6.77. The van der Waals surface area contributed by atoms with E-state index < -0.39 is 0 Å². The normalized spacial score (nSPS) is 9.09. The maximum absolute atomic E-state index is 11.7. The van der Waals surface area contributed by atoms with E-state index >= 15 is 0 Å². The molecule has 3 rings (SSSR count). The van der Waals surface area contributed by atoms with E-state index in [-0.39, 0.29) is 37.8 Å². The Morgan fingerprint density at radius 3 is 1.82 bits per heavy atom. The topological polar surface area (TPSA) is 34.1 Å². The Labute approximate surface area is 143 Å². The molecule has 0 aliphatic rings. The third-order valence-electron chi connectivity index (χ3n) is 2.96. The van der Waals surface area contributed by atoms with Crippen molar-refractivity contribution in [1.29, 1.82) is 0 Å². The minimum absolute atomic E-state index is 0. The van der Waals surface area contributed by atoms with Crippen molar-refractivity contribution in [3.05, 3.63) is 96.1 Å². The summed E-state index contributed by atoms with van der Waals surface area (Å²) < 4.78 is 0. The summed E-state index contributed by atoms with van der Waals surface area (Å²) in [4.78, 5) is 23.4. The summed E-state index contributed by atoms with van der Waals surface area (Å²) in [5.74, 6) is -0.259. The summed E-state index contributed by atoms with van der Waals surface area (Å²) >= 11 is 0. The molecule has 3 heteroatoms. The van der Waals surface area contributed by atoms with E-state index in [1.807, 2.05) is 36.4 Å². The van der Waals surface area contributed by atoms with Gasteiger partial charge >= 0.3 is 0 Å². The van der Waals surface area contributed by atoms with Gasteiger partial charge in [0, 0.05) is 25.4 Å². The van der Waals surface area contributed by atoms with Gasteiger partial charge in [0.15, 0.2) is 5.78 Å². The number of hydrogen-bond acceptors (Lipinski definition) is 2. The van der Waals surface area contributed by atoms with E-state index in [0.29, 0.717) is 11.1 Å². The van der Waals surface area contributed by atoms with E-state index in [1.165, 1.54) is 0 Å². The van der Waals surface area contributed by atoms with Gasteiger partial charge in [-0.3, -0.25) is 4.79 Å². The van der Waals surface area contributed by atoms with E-state index in [9.17, 15) is 9.59 Å². The summed E-state index contributed by atoms with van der Waals surface area (Å²) in [5, 5.41) is 0. The Balaban J connectivity index is 0.000000344. The van der Waals surface area contributed by atoms with Gasteiger partial charge in [0.05, 0.1) is 6.42 Å². The SMILES string of the molecule is O=C(CC(=O)[c-]1cccc1)c1ccccc1.[Os].[cH-]1[cH-][cH-][cH-][cH-]1. The summed E-state index contributed by atoms with van der Waals surface area (Å²) in [6.45, 7) is 0. The Morgan fingerprint density at radius 1 is 0.818 bits per heavy atom. The molecule has 0 fully saturated rings. The summed E-state index contributed by atoms with van der Waals surface area (Å²) in [5.41, 5.74) is 1.19. The number of hydrogen-bond donors (Lipinski definition) is 0. The van der Waals surface area contributed by atoms with Gasteiger partial charge in [-0.15, -0.1) is 0 Å². The van der Waals surface area contributed by atoms with Crippen molar-refractivity contribution in [2.45, 2.75) is 6.42 Å². The molecule has 0 saturated carbocycles. The second kappa shape index (κ2) is 9.76. The molecule has 0 radical (unpaired) electrons. The smallest absolute Gasteiger partial charge is 0.169 e. The van der Waals surface area contributed by atoms with Gasteiger partial charge in [0.2, 0.25) is 0 Å². The van der Waals surface area contributed by atoms with Crippen molar-refractivity contribution in [1.82, 2.24) is 0 Å². The summed E-state index contributed by atoms with van der Waals surface area (Å²) in [6, 6.07) is 25.9. The molecule has 0 bridgehead atoms. The van der Waals surface area contributed by atoms with Gasteiger partial charge in [-0.05, 0) is 0 Å². The Morgan fingerprint density at radius 2 is 1.32 bits per heavy atom. The zero-order valence-corrected chi connectivity index (χ0v) is 14.5. The van der Waals surface area contributed by atoms with Crippen LogP contribution in [-0.2, 0) is 19.8 Å². The molecule has 3 aromatic rings. The van der Waals surface area contributed by atoms with Crippen LogP contribution in [0.1, 0.15) is 27.1 Å². The standard InChI is InChI=1S/C14H11O2.C5H5.Os/c15-13(11-6-2-1-3-7-11)10-14(16)12-8-4-5-9-12;1-2-4-5-3-1;/h1-9H,10H2;1-5H;/q-1;-5;. The van der Waals surface area contributed by atoms with Crippen LogP contribution in [0.4, 0.5) is 0 Å². The molecule has 2 nitrogen and oxygen atoms in total. The van der Waals surface area contributed by atoms with Crippen LogP contribution in [0.5, 0.6) is 0 Å². The molecule has 3 aromatic carbocycles. The second-order valence-corrected chi connectivity index (χ2v) is 4.52. The predicted octanol–water partition coefficient (Wildman–Crippen LogP) is 4.26. The third-order valence-corrected chi connectivity index (χ3v) is 2.96. The van der Waals surface area contributed by atoms with Crippen LogP contribution in [-0.4, -0.2) is 11.6 Å². The monoisotopic (exact) mass is 468 g/mol. The maximum Gasteiger partial charge on any atom is 0.169 e. The van der Waals surface area contributed by atoms with E-state index in [0.717, 1.165) is 0 Å². The molecule has 0 saturated heterocycles. The van der Waals surface area contributed by atoms with Gasteiger partial charge in [-0.25, -0.2) is 12.1 Å². The van der Waals surface area contributed by atoms with Gasteiger partial charge in [0.25, 0.3) is 0 Å². The fourth-order valence-electron chi connectivity index (χ4n) is 1.85. The van der Waals surface area contributed by atoms with Gasteiger partial charge < -0.3 is 35.1 Å². The van der Waals surface area contributed by atoms with Crippen molar-refractivity contribution in [3.8, 4) is 0 Å². The average Bonchev–Trinajstić information content (AvgIpc) is 3.23. The second-order valence-electron chi connectivity index (χ2n) is 4.52. The largest absolute Gasteiger partial charge is 0.748 e. The minimum Gasteiger partial charge on any atom is -0.748 e. The molecule has 0 spiro atoms. The minimum atomic E-state index is -0.133. The van der Waals surface area contributed by atoms with E-state index in [2.05, 4.69) is 0 Å². The number of rotatable bonds is 4. The zero-order chi connectivity index (χ0) is 14.9. The zero-order valence-electron chi connectivity index (χ0n) is 12.0. The van der Waals surface area contributed by atoms with Gasteiger partial charge in [-0.2, -0.15) is 12.1 Å². The number of carbonyl (C=O) groups is 2. The molecule has 0 aliphatic heterocycles. The first kappa shape index (κ1) is 17.9. The van der Waals surface area contributed by atoms with Crippen molar-refractivity contribution >= 4 is 11.6 Å². The molecule has 0 N–H and O–H groups in total. The molecule has 0 amide bonds. The average molecular weight is 467 g/mol. The predicted molar refractivity (Wildman–Crippen MR) is 83.8 cm³/mol. The Bertz CT molecular complexity index is 636. The van der Waals surface area contributed by atoms with Crippen molar-refractivity contribution in [3.63, 3.8) is 0 Å². The molecule has 118 valence electrons. The van der Waals surface area contributed by atoms with Gasteiger partial charge in [0.1, 0.15) is 5.78 Å². The van der Waals surface area contributed by atoms with Crippen molar-refractivity contribution < 1.29 is 29.4 Å². The molecule has 22 heavy (non-hydrogen) atoms. The molecular formula is C19H16O2Os-6. The van der Waals surface area contributed by atoms with Crippen molar-refractivity contribution in [2.75, 3.05) is 0 Å². The maximum atomic E-state index is 11.7. The first-order chi connectivity index (χ1) is 10.3. The number of benzene rings is 1. The number of carbonyl (C=O) groups excluding carboxylic acids is 2. The Hall–Kier alpha value is -2.10. The fraction of sp³-hybridized carbons (Fsp3) is 0.0526. The summed E-state index contributed by atoms with van der Waals surface area (Å²) in [6.07, 6.45) is -0.0615. The van der Waals surface area contributed by atoms with Crippen LogP contribution < -0.4 is 0 Å². The molecule has 0 unspecified atom stereocenters. The van der Waals surface area contributed by atoms with E-state index in [1.54, 1.807) is 48.5 Å². The first-order valence-electron chi connectivity index (χ1n) is 6.77. The molecular weight excluding hydrogens is 450 g/mol. The van der Waals surface area contributed by atoms with Crippen LogP contribution in [0.3, 0.4) is 0 Å². The molecule has 0 aromatic heterocycles. The molecule has 0 aliphatic carbocycles. The van der Waals surface area contributed by atoms with E-state index in [4.69, 9.17) is 0 Å². The molecule has 0 heterocycles. The van der Waals surface area contributed by atoms with Crippen molar-refractivity contribution in [2.24, 2.45) is 0 Å². The Kier molecular flexibility index (Phi) is 7.97. The fourth-order valence-corrected chi connectivity index (χ4v) is 1.85.